The first-order chi connectivity index (χ1) is 5.11. The second-order valence-corrected chi connectivity index (χ2v) is 3.68. The highest BCUT2D eigenvalue weighted by Gasteiger charge is 2.25. The van der Waals surface area contributed by atoms with Gasteiger partial charge in [0.25, 0.3) is 0 Å². The number of rotatable bonds is 1. The van der Waals surface area contributed by atoms with Gasteiger partial charge in [0.15, 0.2) is 0 Å². The fraction of sp³-hybridized carbons (Fsp3) is 0.857. The van der Waals surface area contributed by atoms with Crippen molar-refractivity contribution in [2.45, 2.75) is 24.7 Å². The van der Waals surface area contributed by atoms with Gasteiger partial charge in [-0.2, -0.15) is 12.6 Å². The highest BCUT2D eigenvalue weighted by atomic mass is 32.1. The second kappa shape index (κ2) is 3.45. The van der Waals surface area contributed by atoms with E-state index in [1.54, 1.807) is 11.8 Å². The van der Waals surface area contributed by atoms with E-state index in [-0.39, 0.29) is 17.3 Å². The minimum Gasteiger partial charge on any atom is -0.391 e. The molecule has 0 aromatic rings. The van der Waals surface area contributed by atoms with Gasteiger partial charge in [0.1, 0.15) is 0 Å². The van der Waals surface area contributed by atoms with Crippen molar-refractivity contribution in [2.24, 2.45) is 0 Å². The van der Waals surface area contributed by atoms with Crippen LogP contribution in [-0.4, -0.2) is 40.4 Å². The van der Waals surface area contributed by atoms with Gasteiger partial charge in [-0.1, -0.05) is 0 Å². The van der Waals surface area contributed by atoms with Gasteiger partial charge in [0.05, 0.1) is 11.4 Å². The van der Waals surface area contributed by atoms with E-state index in [1.807, 2.05) is 0 Å². The Hall–Kier alpha value is -0.220. The van der Waals surface area contributed by atoms with E-state index in [0.29, 0.717) is 19.5 Å². The minimum atomic E-state index is -0.328. The van der Waals surface area contributed by atoms with Crippen LogP contribution in [0.4, 0.5) is 0 Å². The Bertz CT molecular complexity index is 161. The zero-order valence-electron chi connectivity index (χ0n) is 6.53. The van der Waals surface area contributed by atoms with Crippen molar-refractivity contribution in [3.05, 3.63) is 0 Å². The number of likely N-dealkylation sites (tertiary alicyclic amines) is 1. The van der Waals surface area contributed by atoms with Crippen LogP contribution in [0.25, 0.3) is 0 Å². The molecule has 11 heavy (non-hydrogen) atoms. The summed E-state index contributed by atoms with van der Waals surface area (Å²) in [4.78, 5) is 12.9. The van der Waals surface area contributed by atoms with Crippen molar-refractivity contribution in [2.75, 3.05) is 13.1 Å². The van der Waals surface area contributed by atoms with Crippen LogP contribution in [0.1, 0.15) is 13.3 Å². The highest BCUT2D eigenvalue weighted by molar-refractivity contribution is 7.81. The number of amides is 1. The van der Waals surface area contributed by atoms with Gasteiger partial charge in [-0.05, 0) is 13.3 Å². The predicted octanol–water partition coefficient (Wildman–Crippen LogP) is -0.102. The zero-order chi connectivity index (χ0) is 8.43. The molecule has 0 aromatic carbocycles. The molecule has 4 heteroatoms. The van der Waals surface area contributed by atoms with Crippen LogP contribution >= 0.6 is 12.6 Å². The Labute approximate surface area is 71.8 Å². The summed E-state index contributed by atoms with van der Waals surface area (Å²) in [6, 6.07) is 0. The summed E-state index contributed by atoms with van der Waals surface area (Å²) in [6.45, 7) is 2.89. The van der Waals surface area contributed by atoms with E-state index in [4.69, 9.17) is 5.11 Å². The largest absolute Gasteiger partial charge is 0.391 e. The maximum absolute atomic E-state index is 11.2. The quantitative estimate of drug-likeness (QED) is 0.546. The van der Waals surface area contributed by atoms with E-state index in [1.165, 1.54) is 0 Å². The third kappa shape index (κ3) is 2.10. The summed E-state index contributed by atoms with van der Waals surface area (Å²) >= 11 is 4.02. The van der Waals surface area contributed by atoms with Gasteiger partial charge in [0, 0.05) is 13.1 Å². The van der Waals surface area contributed by atoms with Crippen LogP contribution in [0.15, 0.2) is 0 Å². The van der Waals surface area contributed by atoms with Crippen LogP contribution in [0.5, 0.6) is 0 Å². The molecule has 1 amide bonds. The maximum atomic E-state index is 11.2. The molecule has 1 aliphatic heterocycles. The number of aliphatic hydroxyl groups is 1. The van der Waals surface area contributed by atoms with E-state index in [0.717, 1.165) is 0 Å². The molecule has 1 saturated heterocycles. The summed E-state index contributed by atoms with van der Waals surface area (Å²) < 4.78 is 0. The van der Waals surface area contributed by atoms with Gasteiger partial charge in [-0.25, -0.2) is 0 Å². The lowest BCUT2D eigenvalue weighted by Crippen LogP contribution is -2.34. The summed E-state index contributed by atoms with van der Waals surface area (Å²) in [5.41, 5.74) is 0. The first-order valence-electron chi connectivity index (χ1n) is 3.76. The molecule has 1 heterocycles. The van der Waals surface area contributed by atoms with Crippen molar-refractivity contribution in [3.63, 3.8) is 0 Å². The topological polar surface area (TPSA) is 40.5 Å². The number of carbonyl (C=O) groups is 1. The Kier molecular flexibility index (Phi) is 2.78. The number of thiol groups is 1. The summed E-state index contributed by atoms with van der Waals surface area (Å²) in [7, 11) is 0. The predicted molar refractivity (Wildman–Crippen MR) is 45.7 cm³/mol. The van der Waals surface area contributed by atoms with E-state index in [2.05, 4.69) is 12.6 Å². The molecule has 2 atom stereocenters. The van der Waals surface area contributed by atoms with Crippen LogP contribution < -0.4 is 0 Å². The van der Waals surface area contributed by atoms with Gasteiger partial charge in [-0.15, -0.1) is 0 Å². The van der Waals surface area contributed by atoms with Crippen LogP contribution in [-0.2, 0) is 4.79 Å². The SMILES string of the molecule is CC(S)C(=O)N1CCC(O)C1. The fourth-order valence-electron chi connectivity index (χ4n) is 1.21. The standard InChI is InChI=1S/C7H13NO2S/c1-5(11)7(10)8-3-2-6(9)4-8/h5-6,9,11H,2-4H2,1H3. The lowest BCUT2D eigenvalue weighted by Gasteiger charge is -2.16. The Morgan fingerprint density at radius 2 is 2.45 bits per heavy atom. The summed E-state index contributed by atoms with van der Waals surface area (Å²) in [6.07, 6.45) is 0.373. The average Bonchev–Trinajstić information content (AvgIpc) is 2.34. The number of β-amino-alcohol motifs (C(OH)–C–C–N with tert-alkyl or cyclic N) is 1. The minimum absolute atomic E-state index is 0.0184. The monoisotopic (exact) mass is 175 g/mol. The number of hydrogen-bond acceptors (Lipinski definition) is 3. The second-order valence-electron chi connectivity index (χ2n) is 2.90. The molecule has 0 spiro atoms. The first kappa shape index (κ1) is 8.87. The van der Waals surface area contributed by atoms with Crippen molar-refractivity contribution in [3.8, 4) is 0 Å². The molecule has 2 unspecified atom stereocenters. The lowest BCUT2D eigenvalue weighted by molar-refractivity contribution is -0.129. The van der Waals surface area contributed by atoms with E-state index in [9.17, 15) is 4.79 Å². The maximum Gasteiger partial charge on any atom is 0.235 e. The third-order valence-electron chi connectivity index (χ3n) is 1.83. The van der Waals surface area contributed by atoms with Gasteiger partial charge in [0.2, 0.25) is 5.91 Å². The van der Waals surface area contributed by atoms with Crippen molar-refractivity contribution in [1.82, 2.24) is 4.90 Å². The molecule has 0 saturated carbocycles. The molecular weight excluding hydrogens is 162 g/mol. The lowest BCUT2D eigenvalue weighted by atomic mass is 10.3. The van der Waals surface area contributed by atoms with Crippen molar-refractivity contribution < 1.29 is 9.90 Å². The van der Waals surface area contributed by atoms with Crippen LogP contribution in [0.3, 0.4) is 0 Å². The molecule has 1 aliphatic rings. The number of hydrogen-bond donors (Lipinski definition) is 2. The zero-order valence-corrected chi connectivity index (χ0v) is 7.42. The number of aliphatic hydroxyl groups excluding tert-OH is 1. The highest BCUT2D eigenvalue weighted by Crippen LogP contribution is 2.11. The fourth-order valence-corrected chi connectivity index (χ4v) is 1.37. The van der Waals surface area contributed by atoms with Gasteiger partial charge >= 0.3 is 0 Å². The normalized spacial score (nSPS) is 27.2. The van der Waals surface area contributed by atoms with E-state index < -0.39 is 0 Å². The first-order valence-corrected chi connectivity index (χ1v) is 4.28. The summed E-state index contributed by atoms with van der Waals surface area (Å²) in [5.74, 6) is 0.0184. The summed E-state index contributed by atoms with van der Waals surface area (Å²) in [5, 5.41) is 8.86. The van der Waals surface area contributed by atoms with Crippen LogP contribution in [0.2, 0.25) is 0 Å². The van der Waals surface area contributed by atoms with Crippen molar-refractivity contribution in [1.29, 1.82) is 0 Å². The molecule has 0 aliphatic carbocycles. The van der Waals surface area contributed by atoms with Crippen molar-refractivity contribution >= 4 is 18.5 Å². The number of nitrogens with zero attached hydrogens (tertiary/aromatic N) is 1. The molecule has 1 fully saturated rings. The molecular formula is C7H13NO2S. The molecule has 0 radical (unpaired) electrons. The van der Waals surface area contributed by atoms with Crippen LogP contribution in [0, 0.1) is 0 Å². The smallest absolute Gasteiger partial charge is 0.235 e. The average molecular weight is 175 g/mol. The van der Waals surface area contributed by atoms with E-state index >= 15 is 0 Å². The Balaban J connectivity index is 2.43. The molecule has 1 rings (SSSR count). The molecule has 0 bridgehead atoms. The molecule has 0 aromatic heterocycles. The molecule has 1 N–H and O–H groups in total. The Morgan fingerprint density at radius 1 is 1.82 bits per heavy atom. The third-order valence-corrected chi connectivity index (χ3v) is 2.05. The van der Waals surface area contributed by atoms with Gasteiger partial charge < -0.3 is 10.0 Å². The molecule has 3 nitrogen and oxygen atoms in total. The molecule has 64 valence electrons. The van der Waals surface area contributed by atoms with Gasteiger partial charge in [-0.3, -0.25) is 4.79 Å². The Morgan fingerprint density at radius 3 is 2.82 bits per heavy atom. The number of carbonyl (C=O) groups excluding carboxylic acids is 1.